The van der Waals surface area contributed by atoms with Gasteiger partial charge in [0.2, 0.25) is 12.4 Å². The first-order valence-electron chi connectivity index (χ1n) is 11.6. The minimum Gasteiger partial charge on any atom is -0.458 e. The Labute approximate surface area is 199 Å². The minimum atomic E-state index is -2.45. The van der Waals surface area contributed by atoms with E-state index < -0.39 is 23.8 Å². The lowest BCUT2D eigenvalue weighted by Gasteiger charge is -2.32. The number of halogens is 3. The van der Waals surface area contributed by atoms with Crippen LogP contribution in [0.3, 0.4) is 0 Å². The lowest BCUT2D eigenvalue weighted by Crippen LogP contribution is -2.45. The van der Waals surface area contributed by atoms with Gasteiger partial charge in [0.05, 0.1) is 41.6 Å². The molecule has 5 rings (SSSR count). The van der Waals surface area contributed by atoms with Crippen LogP contribution in [0.5, 0.6) is 0 Å². The molecule has 3 aromatic rings. The number of hydrogen-bond donors (Lipinski definition) is 1. The summed E-state index contributed by atoms with van der Waals surface area (Å²) in [6, 6.07) is 4.23. The van der Waals surface area contributed by atoms with Gasteiger partial charge in [-0.15, -0.1) is 5.10 Å². The molecular weight excluding hydrogens is 463 g/mol. The molecule has 0 amide bonds. The van der Waals surface area contributed by atoms with Crippen molar-refractivity contribution in [2.45, 2.75) is 57.1 Å². The molecule has 186 valence electrons. The van der Waals surface area contributed by atoms with Gasteiger partial charge in [0.15, 0.2) is 5.82 Å². The second-order valence-electron chi connectivity index (χ2n) is 9.39. The Balaban J connectivity index is 1.41. The molecule has 1 saturated carbocycles. The van der Waals surface area contributed by atoms with E-state index in [1.54, 1.807) is 26.0 Å². The molecule has 35 heavy (non-hydrogen) atoms. The molecular formula is C24H26F3N5O3. The van der Waals surface area contributed by atoms with E-state index in [-0.39, 0.29) is 36.0 Å². The average molecular weight is 489 g/mol. The third-order valence-electron chi connectivity index (χ3n) is 6.63. The van der Waals surface area contributed by atoms with Gasteiger partial charge in [-0.25, -0.2) is 22.7 Å². The molecule has 0 bridgehead atoms. The summed E-state index contributed by atoms with van der Waals surface area (Å²) in [5, 5.41) is 7.62. The molecule has 1 aliphatic heterocycles. The van der Waals surface area contributed by atoms with Gasteiger partial charge in [-0.3, -0.25) is 9.78 Å². The second-order valence-corrected chi connectivity index (χ2v) is 9.39. The molecule has 2 aliphatic rings. The summed E-state index contributed by atoms with van der Waals surface area (Å²) >= 11 is 0. The molecule has 1 N–H and O–H groups in total. The zero-order valence-corrected chi connectivity index (χ0v) is 19.4. The normalized spacial score (nSPS) is 21.5. The van der Waals surface area contributed by atoms with Crippen molar-refractivity contribution in [3.05, 3.63) is 42.0 Å². The van der Waals surface area contributed by atoms with E-state index in [2.05, 4.69) is 20.4 Å². The summed E-state index contributed by atoms with van der Waals surface area (Å²) in [5.41, 5.74) is 0.285. The minimum absolute atomic E-state index is 0.150. The smallest absolute Gasteiger partial charge is 0.308 e. The van der Waals surface area contributed by atoms with Crippen LogP contribution in [-0.2, 0) is 19.7 Å². The van der Waals surface area contributed by atoms with E-state index in [1.807, 2.05) is 0 Å². The second kappa shape index (κ2) is 9.10. The Bertz CT molecular complexity index is 1230. The number of rotatable bonds is 7. The van der Waals surface area contributed by atoms with Crippen LogP contribution in [0.25, 0.3) is 16.9 Å². The maximum atomic E-state index is 14.6. The Morgan fingerprint density at radius 3 is 2.71 bits per heavy atom. The van der Waals surface area contributed by atoms with Crippen molar-refractivity contribution in [1.82, 2.24) is 19.6 Å². The number of aromatic nitrogens is 4. The van der Waals surface area contributed by atoms with Gasteiger partial charge in [-0.2, -0.15) is 0 Å². The van der Waals surface area contributed by atoms with Crippen molar-refractivity contribution in [3.63, 3.8) is 0 Å². The molecule has 2 atom stereocenters. The third kappa shape index (κ3) is 4.44. The molecule has 0 unspecified atom stereocenters. The van der Waals surface area contributed by atoms with Crippen LogP contribution in [0.4, 0.5) is 19.1 Å². The molecule has 3 aromatic heterocycles. The van der Waals surface area contributed by atoms with Gasteiger partial charge in [-0.05, 0) is 30.9 Å². The Morgan fingerprint density at radius 1 is 1.26 bits per heavy atom. The molecule has 11 heteroatoms. The molecule has 2 fully saturated rings. The molecule has 4 heterocycles. The summed E-state index contributed by atoms with van der Waals surface area (Å²) in [6.45, 7) is 4.24. The highest BCUT2D eigenvalue weighted by molar-refractivity contribution is 5.71. The zero-order chi connectivity index (χ0) is 24.7. The lowest BCUT2D eigenvalue weighted by atomic mass is 9.98. The average Bonchev–Trinajstić information content (AvgIpc) is 3.60. The summed E-state index contributed by atoms with van der Waals surface area (Å²) < 4.78 is 53.9. The number of carbonyl (C=O) groups excluding carboxylic acids is 1. The van der Waals surface area contributed by atoms with Crippen LogP contribution in [-0.4, -0.2) is 57.3 Å². The SMILES string of the molecule is CC(C)C(=O)O[C@@H]1COCC[C@H]1Nc1ncc2c(F)cc(-c3ccc(C4(C(F)F)CC4)cn3)n2n1. The van der Waals surface area contributed by atoms with Crippen LogP contribution < -0.4 is 5.32 Å². The highest BCUT2D eigenvalue weighted by Crippen LogP contribution is 2.52. The van der Waals surface area contributed by atoms with E-state index >= 15 is 0 Å². The first kappa shape index (κ1) is 23.5. The van der Waals surface area contributed by atoms with Crippen molar-refractivity contribution in [1.29, 1.82) is 0 Å². The maximum absolute atomic E-state index is 14.6. The number of pyridine rings is 1. The van der Waals surface area contributed by atoms with Crippen LogP contribution >= 0.6 is 0 Å². The monoisotopic (exact) mass is 489 g/mol. The van der Waals surface area contributed by atoms with E-state index in [4.69, 9.17) is 9.47 Å². The van der Waals surface area contributed by atoms with E-state index in [9.17, 15) is 18.0 Å². The van der Waals surface area contributed by atoms with Gasteiger partial charge < -0.3 is 14.8 Å². The van der Waals surface area contributed by atoms with Crippen molar-refractivity contribution in [3.8, 4) is 11.4 Å². The van der Waals surface area contributed by atoms with E-state index in [1.165, 1.54) is 23.0 Å². The topological polar surface area (TPSA) is 90.6 Å². The molecule has 1 saturated heterocycles. The number of hydrogen-bond acceptors (Lipinski definition) is 7. The first-order chi connectivity index (χ1) is 16.8. The quantitative estimate of drug-likeness (QED) is 0.502. The fourth-order valence-corrected chi connectivity index (χ4v) is 4.25. The number of nitrogens with zero attached hydrogens (tertiary/aromatic N) is 4. The third-order valence-corrected chi connectivity index (χ3v) is 6.63. The van der Waals surface area contributed by atoms with Gasteiger partial charge in [-0.1, -0.05) is 19.9 Å². The Morgan fingerprint density at radius 2 is 2.06 bits per heavy atom. The number of esters is 1. The maximum Gasteiger partial charge on any atom is 0.308 e. The standard InChI is InChI=1S/C24H26F3N5O3/c1-13(2)21(33)35-20-12-34-8-5-17(20)30-23-29-11-19-15(25)9-18(32(19)31-23)16-4-3-14(10-28-16)24(6-7-24)22(26)27/h3-4,9-11,13,17,20,22H,5-8,12H2,1-2H3,(H,30,31)/t17-,20-/m1/s1. The fourth-order valence-electron chi connectivity index (χ4n) is 4.25. The molecule has 0 aromatic carbocycles. The summed E-state index contributed by atoms with van der Waals surface area (Å²) in [6.07, 6.45) is 1.25. The van der Waals surface area contributed by atoms with E-state index in [0.29, 0.717) is 42.8 Å². The number of ether oxygens (including phenoxy) is 2. The zero-order valence-electron chi connectivity index (χ0n) is 19.4. The van der Waals surface area contributed by atoms with Crippen LogP contribution in [0.1, 0.15) is 38.7 Å². The van der Waals surface area contributed by atoms with Gasteiger partial charge in [0.25, 0.3) is 0 Å². The number of fused-ring (bicyclic) bond motifs is 1. The summed E-state index contributed by atoms with van der Waals surface area (Å²) in [4.78, 5) is 20.6. The molecule has 0 radical (unpaired) electrons. The van der Waals surface area contributed by atoms with Gasteiger partial charge in [0, 0.05) is 18.9 Å². The molecule has 8 nitrogen and oxygen atoms in total. The predicted octanol–water partition coefficient (Wildman–Crippen LogP) is 4.00. The number of alkyl halides is 2. The first-order valence-corrected chi connectivity index (χ1v) is 11.6. The lowest BCUT2D eigenvalue weighted by molar-refractivity contribution is -0.159. The molecule has 0 spiro atoms. The van der Waals surface area contributed by atoms with E-state index in [0.717, 1.165) is 0 Å². The predicted molar refractivity (Wildman–Crippen MR) is 121 cm³/mol. The number of anilines is 1. The summed E-state index contributed by atoms with van der Waals surface area (Å²) in [7, 11) is 0. The number of carbonyl (C=O) groups is 1. The molecule has 1 aliphatic carbocycles. The highest BCUT2D eigenvalue weighted by atomic mass is 19.3. The Hall–Kier alpha value is -3.21. The fraction of sp³-hybridized carbons (Fsp3) is 0.500. The largest absolute Gasteiger partial charge is 0.458 e. The van der Waals surface area contributed by atoms with Crippen LogP contribution in [0, 0.1) is 11.7 Å². The highest BCUT2D eigenvalue weighted by Gasteiger charge is 2.52. The van der Waals surface area contributed by atoms with Crippen molar-refractivity contribution >= 4 is 17.4 Å². The van der Waals surface area contributed by atoms with Crippen LogP contribution in [0.15, 0.2) is 30.6 Å². The number of nitrogens with one attached hydrogen (secondary N) is 1. The van der Waals surface area contributed by atoms with Crippen LogP contribution in [0.2, 0.25) is 0 Å². The van der Waals surface area contributed by atoms with Crippen molar-refractivity contribution < 1.29 is 27.4 Å². The van der Waals surface area contributed by atoms with Gasteiger partial charge >= 0.3 is 5.97 Å². The summed E-state index contributed by atoms with van der Waals surface area (Å²) in [5.74, 6) is -0.908. The van der Waals surface area contributed by atoms with Crippen molar-refractivity contribution in [2.24, 2.45) is 5.92 Å². The van der Waals surface area contributed by atoms with Crippen molar-refractivity contribution in [2.75, 3.05) is 18.5 Å². The Kier molecular flexibility index (Phi) is 6.12. The van der Waals surface area contributed by atoms with Gasteiger partial charge in [0.1, 0.15) is 11.6 Å².